The molecule has 6 rings (SSSR count). The van der Waals surface area contributed by atoms with E-state index in [-0.39, 0.29) is 37.5 Å². The number of methoxy groups -OCH3 is 1. The van der Waals surface area contributed by atoms with E-state index in [1.807, 2.05) is 25.3 Å². The highest BCUT2D eigenvalue weighted by atomic mass is 32.1. The number of hydrazine groups is 1. The smallest absolute Gasteiger partial charge is 0.324 e. The Morgan fingerprint density at radius 1 is 1.31 bits per heavy atom. The Balaban J connectivity index is 1.48. The first kappa shape index (κ1) is 39.8. The Morgan fingerprint density at radius 2 is 2.11 bits per heavy atom. The fourth-order valence-electron chi connectivity index (χ4n) is 7.74. The minimum absolute atomic E-state index is 0.144. The molecule has 5 heterocycles. The molecule has 292 valence electrons. The van der Waals surface area contributed by atoms with Crippen LogP contribution in [0.25, 0.3) is 27.7 Å². The Hall–Kier alpha value is -4.84. The lowest BCUT2D eigenvalue weighted by molar-refractivity contribution is -0.155. The van der Waals surface area contributed by atoms with E-state index in [1.54, 1.807) is 18.2 Å². The molecule has 4 atom stereocenters. The summed E-state index contributed by atoms with van der Waals surface area (Å²) in [5, 5.41) is 17.3. The van der Waals surface area contributed by atoms with Gasteiger partial charge in [0.25, 0.3) is 5.91 Å². The number of ether oxygens (including phenoxy) is 2. The van der Waals surface area contributed by atoms with Crippen molar-refractivity contribution in [3.05, 3.63) is 58.2 Å². The second kappa shape index (κ2) is 16.9. The molecule has 0 aliphatic carbocycles. The van der Waals surface area contributed by atoms with Crippen molar-refractivity contribution >= 4 is 51.9 Å². The monoisotopic (exact) mass is 768 g/mol. The first-order valence-electron chi connectivity index (χ1n) is 19.1. The van der Waals surface area contributed by atoms with Gasteiger partial charge in [0, 0.05) is 78.3 Å². The summed E-state index contributed by atoms with van der Waals surface area (Å²) in [6.07, 6.45) is 6.10. The molecule has 3 amide bonds. The summed E-state index contributed by atoms with van der Waals surface area (Å²) < 4.78 is 14.1. The highest BCUT2D eigenvalue weighted by Crippen LogP contribution is 2.40. The highest BCUT2D eigenvalue weighted by Gasteiger charge is 2.38. The van der Waals surface area contributed by atoms with Gasteiger partial charge in [0.15, 0.2) is 0 Å². The van der Waals surface area contributed by atoms with Crippen molar-refractivity contribution in [3.8, 4) is 17.3 Å². The van der Waals surface area contributed by atoms with Crippen LogP contribution in [0.3, 0.4) is 0 Å². The third-order valence-electron chi connectivity index (χ3n) is 10.8. The normalized spacial score (nSPS) is 22.7. The van der Waals surface area contributed by atoms with Gasteiger partial charge in [-0.1, -0.05) is 32.6 Å². The van der Waals surface area contributed by atoms with Gasteiger partial charge in [-0.15, -0.1) is 11.3 Å². The summed E-state index contributed by atoms with van der Waals surface area (Å²) in [5.41, 5.74) is 9.04. The SMILES string of the molecule is C=C/C(=C(\N=CC)[C@H](C)OC)c1c2c3cc(ccc3n1CC)-c1csc(n1)C[C@H](NC(=O)N1CC[C@H]1CC#N)C(=O)N1CCC[C@H](N1)C(=O)OCC(C)(C)C2. The molecular weight excluding hydrogens is 717 g/mol. The van der Waals surface area contributed by atoms with Crippen molar-refractivity contribution in [2.75, 3.05) is 26.8 Å². The number of thiazole rings is 1. The molecular formula is C41H52N8O5S. The Bertz CT molecular complexity index is 2060. The van der Waals surface area contributed by atoms with Crippen molar-refractivity contribution in [2.45, 2.75) is 104 Å². The number of esters is 1. The first-order chi connectivity index (χ1) is 26.4. The number of carbonyl (C=O) groups excluding carboxylic acids is 3. The van der Waals surface area contributed by atoms with Crippen molar-refractivity contribution < 1.29 is 23.9 Å². The summed E-state index contributed by atoms with van der Waals surface area (Å²) >= 11 is 1.43. The van der Waals surface area contributed by atoms with Gasteiger partial charge in [0.1, 0.15) is 12.1 Å². The zero-order valence-electron chi connectivity index (χ0n) is 32.7. The van der Waals surface area contributed by atoms with Crippen LogP contribution in [0.5, 0.6) is 0 Å². The molecule has 1 aromatic carbocycles. The van der Waals surface area contributed by atoms with Gasteiger partial charge in [-0.05, 0) is 64.2 Å². The number of benzene rings is 1. The molecule has 3 aliphatic heterocycles. The molecule has 6 bridgehead atoms. The van der Waals surface area contributed by atoms with Crippen LogP contribution in [-0.2, 0) is 38.4 Å². The number of carbonyl (C=O) groups is 3. The zero-order chi connectivity index (χ0) is 39.4. The molecule has 14 heteroatoms. The van der Waals surface area contributed by atoms with Crippen molar-refractivity contribution in [3.63, 3.8) is 0 Å². The minimum atomic E-state index is -0.955. The lowest BCUT2D eigenvalue weighted by Crippen LogP contribution is -2.63. The van der Waals surface area contributed by atoms with E-state index in [9.17, 15) is 19.6 Å². The standard InChI is InChI=1S/C41H52N8O5S/c1-8-28(36(43-9-2)25(4)53-7)37-30-22-41(5,6)24-54-39(51)31-12-11-18-49(46-31)38(50)32(45-40(52)48-19-16-27(48)15-17-42)21-35-44-33(23-55-35)26-13-14-34(29(30)20-26)47(37)10-3/h8-9,13-14,20,23,25,27,31-32,46H,1,10-12,15-16,18-19,21-22,24H2,2-7H3,(H,45,52)/b36-28+,43-9?/t25-,27+,31-,32-/m0/s1. The van der Waals surface area contributed by atoms with Gasteiger partial charge < -0.3 is 24.3 Å². The Kier molecular flexibility index (Phi) is 12.2. The largest absolute Gasteiger partial charge is 0.464 e. The molecule has 55 heavy (non-hydrogen) atoms. The van der Waals surface area contributed by atoms with Crippen molar-refractivity contribution in [1.82, 2.24) is 30.2 Å². The van der Waals surface area contributed by atoms with Crippen LogP contribution >= 0.6 is 11.3 Å². The third-order valence-corrected chi connectivity index (χ3v) is 11.6. The summed E-state index contributed by atoms with van der Waals surface area (Å²) in [6, 6.07) is 6.23. The number of cyclic esters (lactones) is 1. The van der Waals surface area contributed by atoms with Crippen LogP contribution in [0.2, 0.25) is 0 Å². The number of rotatable bonds is 8. The number of hydrogen-bond acceptors (Lipinski definition) is 10. The number of urea groups is 1. The third kappa shape index (κ3) is 8.24. The number of nitrogens with one attached hydrogen (secondary N) is 2. The molecule has 0 saturated carbocycles. The van der Waals surface area contributed by atoms with Crippen LogP contribution in [0.1, 0.15) is 76.6 Å². The molecule has 0 unspecified atom stereocenters. The number of likely N-dealkylation sites (tertiary alicyclic amines) is 1. The van der Waals surface area contributed by atoms with Crippen LogP contribution in [0.4, 0.5) is 4.79 Å². The van der Waals surface area contributed by atoms with Crippen molar-refractivity contribution in [1.29, 1.82) is 5.26 Å². The lowest BCUT2D eigenvalue weighted by atomic mass is 9.84. The minimum Gasteiger partial charge on any atom is -0.464 e. The number of amides is 3. The lowest BCUT2D eigenvalue weighted by Gasteiger charge is -2.41. The van der Waals surface area contributed by atoms with Crippen LogP contribution < -0.4 is 10.7 Å². The van der Waals surface area contributed by atoms with Gasteiger partial charge in [-0.2, -0.15) is 5.26 Å². The predicted octanol–water partition coefficient (Wildman–Crippen LogP) is 6.04. The Morgan fingerprint density at radius 3 is 2.78 bits per heavy atom. The molecule has 2 N–H and O–H groups in total. The average molecular weight is 769 g/mol. The quantitative estimate of drug-likeness (QED) is 0.160. The van der Waals surface area contributed by atoms with Crippen molar-refractivity contribution in [2.24, 2.45) is 10.4 Å². The van der Waals surface area contributed by atoms with E-state index in [0.717, 1.165) is 51.1 Å². The number of allylic oxidation sites excluding steroid dienone is 2. The average Bonchev–Trinajstić information content (AvgIpc) is 3.76. The summed E-state index contributed by atoms with van der Waals surface area (Å²) in [4.78, 5) is 52.7. The second-order valence-corrected chi connectivity index (χ2v) is 16.1. The van der Waals surface area contributed by atoms with E-state index < -0.39 is 29.5 Å². The van der Waals surface area contributed by atoms with Gasteiger partial charge in [-0.3, -0.25) is 19.6 Å². The predicted molar refractivity (Wildman–Crippen MR) is 214 cm³/mol. The molecule has 0 spiro atoms. The highest BCUT2D eigenvalue weighted by molar-refractivity contribution is 7.10. The van der Waals surface area contributed by atoms with Gasteiger partial charge >= 0.3 is 12.0 Å². The number of nitrogens with zero attached hydrogens (tertiary/aromatic N) is 6. The maximum absolute atomic E-state index is 14.2. The molecule has 3 aliphatic rings. The maximum atomic E-state index is 14.2. The number of fused-ring (bicyclic) bond motifs is 6. The number of hydrogen-bond donors (Lipinski definition) is 2. The van der Waals surface area contributed by atoms with Gasteiger partial charge in [0.2, 0.25) is 0 Å². The summed E-state index contributed by atoms with van der Waals surface area (Å²) in [5.74, 6) is -0.794. The molecule has 2 fully saturated rings. The van der Waals surface area contributed by atoms with E-state index in [1.165, 1.54) is 16.3 Å². The van der Waals surface area contributed by atoms with Gasteiger partial charge in [0.05, 0.1) is 47.3 Å². The van der Waals surface area contributed by atoms with Crippen LogP contribution in [0.15, 0.2) is 46.9 Å². The molecule has 3 aromatic rings. The number of aryl methyl sites for hydroxylation is 1. The van der Waals surface area contributed by atoms with Gasteiger partial charge in [-0.25, -0.2) is 15.2 Å². The van der Waals surface area contributed by atoms with E-state index in [2.05, 4.69) is 66.9 Å². The topological polar surface area (TPSA) is 154 Å². The number of aliphatic imine (C=N–C) groups is 1. The summed E-state index contributed by atoms with van der Waals surface area (Å²) in [7, 11) is 1.67. The first-order valence-corrected chi connectivity index (χ1v) is 20.0. The molecule has 2 aromatic heterocycles. The van der Waals surface area contributed by atoms with E-state index in [0.29, 0.717) is 43.9 Å². The maximum Gasteiger partial charge on any atom is 0.324 e. The molecule has 0 radical (unpaired) electrons. The summed E-state index contributed by atoms with van der Waals surface area (Å²) in [6.45, 7) is 16.1. The fourth-order valence-corrected chi connectivity index (χ4v) is 8.59. The van der Waals surface area contributed by atoms with E-state index >= 15 is 0 Å². The molecule has 2 saturated heterocycles. The van der Waals surface area contributed by atoms with E-state index in [4.69, 9.17) is 19.5 Å². The molecule has 13 nitrogen and oxygen atoms in total. The second-order valence-electron chi connectivity index (χ2n) is 15.2. The Labute approximate surface area is 327 Å². The fraction of sp³-hybridized carbons (Fsp3) is 0.512. The van der Waals surface area contributed by atoms with Crippen LogP contribution in [-0.4, -0.2) is 94.6 Å². The zero-order valence-corrected chi connectivity index (χ0v) is 33.5. The number of nitriles is 1. The van der Waals surface area contributed by atoms with Crippen LogP contribution in [0, 0.1) is 16.7 Å². The number of aromatic nitrogens is 2.